The van der Waals surface area contributed by atoms with Gasteiger partial charge in [0.25, 0.3) is 0 Å². The summed E-state index contributed by atoms with van der Waals surface area (Å²) in [5, 5.41) is 18.3. The molecule has 2 N–H and O–H groups in total. The number of hydrogen-bond acceptors (Lipinski definition) is 4. The average molecular weight is 322 g/mol. The first-order valence-corrected chi connectivity index (χ1v) is 7.23. The normalized spacial score (nSPS) is 18.4. The van der Waals surface area contributed by atoms with Crippen LogP contribution in [0.2, 0.25) is 0 Å². The molecule has 5 nitrogen and oxygen atoms in total. The largest absolute Gasteiger partial charge is 0.317 e. The SMILES string of the molecule is Cc1ccc(Br)cc1C1(c2nn[nH]n2)CCNCC1. The van der Waals surface area contributed by atoms with Crippen LogP contribution in [0.4, 0.5) is 0 Å². The summed E-state index contributed by atoms with van der Waals surface area (Å²) in [6.45, 7) is 4.09. The summed E-state index contributed by atoms with van der Waals surface area (Å²) in [5.41, 5.74) is 2.44. The summed E-state index contributed by atoms with van der Waals surface area (Å²) in [7, 11) is 0. The van der Waals surface area contributed by atoms with E-state index < -0.39 is 0 Å². The Morgan fingerprint density at radius 3 is 2.74 bits per heavy atom. The second-order valence-electron chi connectivity index (χ2n) is 5.03. The van der Waals surface area contributed by atoms with Gasteiger partial charge in [-0.05, 0) is 56.1 Å². The fourth-order valence-electron chi connectivity index (χ4n) is 2.94. The Kier molecular flexibility index (Phi) is 3.36. The molecule has 1 saturated heterocycles. The molecule has 19 heavy (non-hydrogen) atoms. The van der Waals surface area contributed by atoms with E-state index in [-0.39, 0.29) is 5.41 Å². The maximum absolute atomic E-state index is 4.27. The number of benzene rings is 1. The Bertz CT molecular complexity index is 560. The van der Waals surface area contributed by atoms with Crippen molar-refractivity contribution in [3.8, 4) is 0 Å². The van der Waals surface area contributed by atoms with Gasteiger partial charge in [-0.1, -0.05) is 27.2 Å². The Labute approximate surface area is 120 Å². The molecule has 1 aliphatic heterocycles. The smallest absolute Gasteiger partial charge is 0.185 e. The number of nitrogens with zero attached hydrogens (tertiary/aromatic N) is 3. The number of aromatic nitrogens is 4. The van der Waals surface area contributed by atoms with Gasteiger partial charge in [0.05, 0.1) is 5.41 Å². The van der Waals surface area contributed by atoms with Crippen LogP contribution in [0.3, 0.4) is 0 Å². The summed E-state index contributed by atoms with van der Waals surface area (Å²) in [5.74, 6) is 0.801. The van der Waals surface area contributed by atoms with Crippen molar-refractivity contribution in [3.63, 3.8) is 0 Å². The van der Waals surface area contributed by atoms with E-state index >= 15 is 0 Å². The Balaban J connectivity index is 2.16. The van der Waals surface area contributed by atoms with Gasteiger partial charge in [-0.2, -0.15) is 5.21 Å². The highest BCUT2D eigenvalue weighted by molar-refractivity contribution is 9.10. The van der Waals surface area contributed by atoms with Crippen molar-refractivity contribution in [1.29, 1.82) is 0 Å². The highest BCUT2D eigenvalue weighted by atomic mass is 79.9. The van der Waals surface area contributed by atoms with Gasteiger partial charge < -0.3 is 5.32 Å². The highest BCUT2D eigenvalue weighted by Crippen LogP contribution is 2.40. The summed E-state index contributed by atoms with van der Waals surface area (Å²) in [4.78, 5) is 0. The number of nitrogens with one attached hydrogen (secondary N) is 2. The number of hydrogen-bond donors (Lipinski definition) is 2. The molecule has 1 aromatic heterocycles. The second kappa shape index (κ2) is 5.02. The van der Waals surface area contributed by atoms with Gasteiger partial charge in [-0.15, -0.1) is 10.2 Å². The van der Waals surface area contributed by atoms with Crippen LogP contribution in [0, 0.1) is 6.92 Å². The van der Waals surface area contributed by atoms with Crippen molar-refractivity contribution in [1.82, 2.24) is 25.9 Å². The highest BCUT2D eigenvalue weighted by Gasteiger charge is 2.40. The van der Waals surface area contributed by atoms with Gasteiger partial charge in [0.1, 0.15) is 0 Å². The van der Waals surface area contributed by atoms with Gasteiger partial charge in [-0.25, -0.2) is 0 Å². The van der Waals surface area contributed by atoms with Gasteiger partial charge in [0.15, 0.2) is 5.82 Å². The number of tetrazole rings is 1. The molecule has 0 unspecified atom stereocenters. The molecule has 100 valence electrons. The van der Waals surface area contributed by atoms with Crippen LogP contribution >= 0.6 is 15.9 Å². The van der Waals surface area contributed by atoms with Crippen LogP contribution in [0.15, 0.2) is 22.7 Å². The zero-order valence-electron chi connectivity index (χ0n) is 10.8. The fraction of sp³-hybridized carbons (Fsp3) is 0.462. The van der Waals surface area contributed by atoms with Gasteiger partial charge in [0, 0.05) is 4.47 Å². The third kappa shape index (κ3) is 2.19. The van der Waals surface area contributed by atoms with Gasteiger partial charge in [-0.3, -0.25) is 0 Å². The number of aromatic amines is 1. The van der Waals surface area contributed by atoms with E-state index in [2.05, 4.69) is 67.0 Å². The van der Waals surface area contributed by atoms with Gasteiger partial charge in [0.2, 0.25) is 0 Å². The van der Waals surface area contributed by atoms with Gasteiger partial charge >= 0.3 is 0 Å². The maximum Gasteiger partial charge on any atom is 0.185 e. The molecule has 0 bridgehead atoms. The molecule has 0 amide bonds. The van der Waals surface area contributed by atoms with Crippen molar-refractivity contribution in [2.75, 3.05) is 13.1 Å². The molecular formula is C13H16BrN5. The minimum Gasteiger partial charge on any atom is -0.317 e. The zero-order chi connectivity index (χ0) is 13.3. The van der Waals surface area contributed by atoms with Crippen molar-refractivity contribution in [2.45, 2.75) is 25.2 Å². The topological polar surface area (TPSA) is 66.5 Å². The third-order valence-electron chi connectivity index (χ3n) is 3.95. The first-order chi connectivity index (χ1) is 9.22. The number of aryl methyl sites for hydroxylation is 1. The van der Waals surface area contributed by atoms with E-state index in [1.54, 1.807) is 0 Å². The van der Waals surface area contributed by atoms with E-state index in [0.29, 0.717) is 0 Å². The van der Waals surface area contributed by atoms with E-state index in [1.807, 2.05) is 0 Å². The number of halogens is 1. The molecule has 6 heteroatoms. The van der Waals surface area contributed by atoms with E-state index in [0.717, 1.165) is 36.2 Å². The number of rotatable bonds is 2. The molecule has 0 spiro atoms. The van der Waals surface area contributed by atoms with Crippen LogP contribution in [0.25, 0.3) is 0 Å². The Morgan fingerprint density at radius 2 is 2.05 bits per heavy atom. The lowest BCUT2D eigenvalue weighted by Crippen LogP contribution is -2.42. The Morgan fingerprint density at radius 1 is 1.26 bits per heavy atom. The standard InChI is InChI=1S/C13H16BrN5/c1-9-2-3-10(14)8-11(9)13(4-6-15-7-5-13)12-16-18-19-17-12/h2-3,8,15H,4-7H2,1H3,(H,16,17,18,19). The van der Waals surface area contributed by atoms with Crippen LogP contribution in [-0.4, -0.2) is 33.7 Å². The molecule has 0 aliphatic carbocycles. The average Bonchev–Trinajstić information content (AvgIpc) is 2.97. The van der Waals surface area contributed by atoms with Crippen LogP contribution in [-0.2, 0) is 5.41 Å². The van der Waals surface area contributed by atoms with Crippen molar-refractivity contribution < 1.29 is 0 Å². The summed E-state index contributed by atoms with van der Waals surface area (Å²) in [6.07, 6.45) is 1.98. The molecule has 0 saturated carbocycles. The summed E-state index contributed by atoms with van der Waals surface area (Å²) < 4.78 is 1.09. The maximum atomic E-state index is 4.27. The number of H-pyrrole nitrogens is 1. The zero-order valence-corrected chi connectivity index (χ0v) is 12.4. The predicted molar refractivity (Wildman–Crippen MR) is 75.9 cm³/mol. The lowest BCUT2D eigenvalue weighted by Gasteiger charge is -2.36. The Hall–Kier alpha value is -1.27. The second-order valence-corrected chi connectivity index (χ2v) is 5.94. The van der Waals surface area contributed by atoms with E-state index in [9.17, 15) is 0 Å². The lowest BCUT2D eigenvalue weighted by atomic mass is 9.71. The molecule has 0 radical (unpaired) electrons. The summed E-state index contributed by atoms with van der Waals surface area (Å²) >= 11 is 3.57. The number of piperidine rings is 1. The van der Waals surface area contributed by atoms with Crippen LogP contribution in [0.1, 0.15) is 29.8 Å². The molecule has 2 aromatic rings. The predicted octanol–water partition coefficient (Wildman–Crippen LogP) is 1.94. The van der Waals surface area contributed by atoms with Crippen molar-refractivity contribution in [2.24, 2.45) is 0 Å². The molecule has 2 heterocycles. The minimum atomic E-state index is -0.133. The fourth-order valence-corrected chi connectivity index (χ4v) is 3.30. The molecular weight excluding hydrogens is 306 g/mol. The summed E-state index contributed by atoms with van der Waals surface area (Å²) in [6, 6.07) is 6.41. The lowest BCUT2D eigenvalue weighted by molar-refractivity contribution is 0.344. The third-order valence-corrected chi connectivity index (χ3v) is 4.44. The quantitative estimate of drug-likeness (QED) is 0.887. The van der Waals surface area contributed by atoms with Crippen molar-refractivity contribution in [3.05, 3.63) is 39.6 Å². The monoisotopic (exact) mass is 321 g/mol. The van der Waals surface area contributed by atoms with Crippen LogP contribution in [0.5, 0.6) is 0 Å². The van der Waals surface area contributed by atoms with E-state index in [4.69, 9.17) is 0 Å². The molecule has 1 fully saturated rings. The molecule has 1 aromatic carbocycles. The molecule has 0 atom stereocenters. The van der Waals surface area contributed by atoms with E-state index in [1.165, 1.54) is 11.1 Å². The minimum absolute atomic E-state index is 0.133. The molecule has 1 aliphatic rings. The first-order valence-electron chi connectivity index (χ1n) is 6.44. The van der Waals surface area contributed by atoms with Crippen LogP contribution < -0.4 is 5.32 Å². The molecule has 3 rings (SSSR count). The van der Waals surface area contributed by atoms with Crippen molar-refractivity contribution >= 4 is 15.9 Å². The first kappa shape index (κ1) is 12.7.